The molecule has 0 aliphatic carbocycles. The van der Waals surface area contributed by atoms with Gasteiger partial charge in [0.15, 0.2) is 0 Å². The zero-order valence-electron chi connectivity index (χ0n) is 16.4. The van der Waals surface area contributed by atoms with Crippen LogP contribution in [0.5, 0.6) is 0 Å². The largest absolute Gasteiger partial charge is 0.477 e. The van der Waals surface area contributed by atoms with E-state index in [1.54, 1.807) is 18.2 Å². The number of hydrogen-bond donors (Lipinski definition) is 1. The van der Waals surface area contributed by atoms with E-state index >= 15 is 0 Å². The van der Waals surface area contributed by atoms with Crippen LogP contribution in [0.1, 0.15) is 33.9 Å². The molecule has 1 heterocycles. The van der Waals surface area contributed by atoms with Crippen LogP contribution in [-0.2, 0) is 0 Å². The monoisotopic (exact) mass is 459 g/mol. The Kier molecular flexibility index (Phi) is 6.98. The van der Waals surface area contributed by atoms with Gasteiger partial charge >= 0.3 is 5.97 Å². The Morgan fingerprint density at radius 3 is 2.37 bits per heavy atom. The lowest BCUT2D eigenvalue weighted by Gasteiger charge is -2.22. The van der Waals surface area contributed by atoms with Crippen LogP contribution in [0.2, 0.25) is 10.0 Å². The maximum Gasteiger partial charge on any atom is 0.348 e. The summed E-state index contributed by atoms with van der Waals surface area (Å²) in [5.74, 6) is -1.48. The summed E-state index contributed by atoms with van der Waals surface area (Å²) in [6.45, 7) is 4.05. The Bertz CT molecular complexity index is 1120. The molecule has 1 amide bonds. The predicted octanol–water partition coefficient (Wildman–Crippen LogP) is 7.03. The van der Waals surface area contributed by atoms with E-state index in [1.165, 1.54) is 11.0 Å². The number of carboxylic acid groups (broad SMARTS) is 1. The quantitative estimate of drug-likeness (QED) is 0.402. The van der Waals surface area contributed by atoms with E-state index in [4.69, 9.17) is 23.2 Å². The van der Waals surface area contributed by atoms with Gasteiger partial charge in [-0.05, 0) is 43.7 Å². The number of halogens is 2. The second kappa shape index (κ2) is 9.47. The van der Waals surface area contributed by atoms with Gasteiger partial charge < -0.3 is 10.0 Å². The second-order valence-corrected chi connectivity index (χ2v) is 8.71. The van der Waals surface area contributed by atoms with Gasteiger partial charge in [0.05, 0.1) is 16.3 Å². The molecule has 0 aliphatic heterocycles. The first-order valence-electron chi connectivity index (χ1n) is 9.10. The van der Waals surface area contributed by atoms with Crippen molar-refractivity contribution >= 4 is 52.1 Å². The third-order valence-corrected chi connectivity index (χ3v) is 6.05. The van der Waals surface area contributed by atoms with Gasteiger partial charge in [0.2, 0.25) is 0 Å². The van der Waals surface area contributed by atoms with Crippen molar-refractivity contribution in [2.75, 3.05) is 11.4 Å². The fourth-order valence-electron chi connectivity index (χ4n) is 2.85. The molecular formula is C23H19Cl2NO3S. The van der Waals surface area contributed by atoms with E-state index in [0.29, 0.717) is 10.7 Å². The number of rotatable bonds is 6. The van der Waals surface area contributed by atoms with Crippen LogP contribution >= 0.6 is 34.5 Å². The van der Waals surface area contributed by atoms with Crippen molar-refractivity contribution in [1.82, 2.24) is 0 Å². The van der Waals surface area contributed by atoms with Crippen molar-refractivity contribution in [3.63, 3.8) is 0 Å². The molecule has 1 N–H and O–H groups in total. The molecule has 0 atom stereocenters. The Hall–Kier alpha value is -2.60. The first-order chi connectivity index (χ1) is 14.3. The number of nitrogens with zero attached hydrogens (tertiary/aromatic N) is 1. The van der Waals surface area contributed by atoms with Crippen molar-refractivity contribution in [1.29, 1.82) is 0 Å². The molecule has 0 saturated heterocycles. The number of amides is 1. The summed E-state index contributed by atoms with van der Waals surface area (Å²) in [6, 6.07) is 15.8. The highest BCUT2D eigenvalue weighted by Gasteiger charge is 2.27. The number of aromatic carboxylic acids is 1. The lowest BCUT2D eigenvalue weighted by atomic mass is 10.1. The summed E-state index contributed by atoms with van der Waals surface area (Å²) in [7, 11) is 0. The number of carboxylic acids is 1. The molecule has 1 aromatic heterocycles. The number of allylic oxidation sites excluding steroid dienone is 1. The second-order valence-electron chi connectivity index (χ2n) is 6.82. The summed E-state index contributed by atoms with van der Waals surface area (Å²) in [6.07, 6.45) is 1.87. The van der Waals surface area contributed by atoms with Gasteiger partial charge in [0.1, 0.15) is 4.88 Å². The van der Waals surface area contributed by atoms with Gasteiger partial charge in [-0.2, -0.15) is 0 Å². The minimum Gasteiger partial charge on any atom is -0.477 e. The first kappa shape index (κ1) is 22.1. The molecule has 0 fully saturated rings. The Balaban J connectivity index is 2.14. The molecule has 3 aromatic rings. The number of thiophene rings is 1. The molecular weight excluding hydrogens is 441 g/mol. The van der Waals surface area contributed by atoms with E-state index in [2.05, 4.69) is 0 Å². The Labute approximate surface area is 189 Å². The van der Waals surface area contributed by atoms with Gasteiger partial charge in [0, 0.05) is 16.4 Å². The molecule has 4 nitrogen and oxygen atoms in total. The highest BCUT2D eigenvalue weighted by atomic mass is 35.5. The van der Waals surface area contributed by atoms with E-state index < -0.39 is 11.9 Å². The molecule has 0 saturated carbocycles. The third-order valence-electron chi connectivity index (χ3n) is 4.34. The number of anilines is 1. The first-order valence-corrected chi connectivity index (χ1v) is 10.7. The van der Waals surface area contributed by atoms with Crippen molar-refractivity contribution in [3.05, 3.63) is 86.7 Å². The highest BCUT2D eigenvalue weighted by Crippen LogP contribution is 2.38. The molecule has 2 aromatic carbocycles. The lowest BCUT2D eigenvalue weighted by Crippen LogP contribution is -2.32. The van der Waals surface area contributed by atoms with Gasteiger partial charge in [-0.15, -0.1) is 11.3 Å². The fraction of sp³-hybridized carbons (Fsp3) is 0.130. The summed E-state index contributed by atoms with van der Waals surface area (Å²) in [4.78, 5) is 27.7. The summed E-state index contributed by atoms with van der Waals surface area (Å²) < 4.78 is 0. The number of carbonyl (C=O) groups is 2. The van der Waals surface area contributed by atoms with Crippen molar-refractivity contribution in [2.45, 2.75) is 13.8 Å². The topological polar surface area (TPSA) is 57.6 Å². The van der Waals surface area contributed by atoms with E-state index in [9.17, 15) is 14.7 Å². The van der Waals surface area contributed by atoms with Crippen molar-refractivity contribution < 1.29 is 14.7 Å². The average Bonchev–Trinajstić information content (AvgIpc) is 3.14. The molecule has 3 rings (SSSR count). The minimum atomic E-state index is -1.09. The Morgan fingerprint density at radius 1 is 1.07 bits per heavy atom. The minimum absolute atomic E-state index is 0.0921. The lowest BCUT2D eigenvalue weighted by molar-refractivity contribution is 0.0703. The van der Waals surface area contributed by atoms with Crippen LogP contribution in [0.15, 0.2) is 66.2 Å². The average molecular weight is 460 g/mol. The van der Waals surface area contributed by atoms with Gasteiger partial charge in [-0.25, -0.2) is 4.79 Å². The van der Waals surface area contributed by atoms with E-state index in [0.717, 1.165) is 27.4 Å². The molecule has 7 heteroatoms. The van der Waals surface area contributed by atoms with Crippen molar-refractivity contribution in [2.24, 2.45) is 0 Å². The number of benzene rings is 2. The normalized spacial score (nSPS) is 10.5. The van der Waals surface area contributed by atoms with Crippen LogP contribution in [0.4, 0.5) is 5.69 Å². The highest BCUT2D eigenvalue weighted by molar-refractivity contribution is 7.18. The zero-order valence-corrected chi connectivity index (χ0v) is 18.7. The van der Waals surface area contributed by atoms with Crippen LogP contribution in [-0.4, -0.2) is 23.5 Å². The van der Waals surface area contributed by atoms with Crippen LogP contribution in [0, 0.1) is 0 Å². The third kappa shape index (κ3) is 4.93. The molecule has 0 aliphatic rings. The molecule has 30 heavy (non-hydrogen) atoms. The molecule has 0 unspecified atom stereocenters. The van der Waals surface area contributed by atoms with Crippen LogP contribution in [0.3, 0.4) is 0 Å². The maximum absolute atomic E-state index is 13.4. The van der Waals surface area contributed by atoms with Gasteiger partial charge in [-0.3, -0.25) is 4.79 Å². The van der Waals surface area contributed by atoms with Gasteiger partial charge in [-0.1, -0.05) is 65.2 Å². The van der Waals surface area contributed by atoms with E-state index in [1.807, 2.05) is 50.3 Å². The molecule has 0 spiro atoms. The number of carbonyl (C=O) groups excluding carboxylic acids is 1. The van der Waals surface area contributed by atoms with Crippen LogP contribution < -0.4 is 4.90 Å². The summed E-state index contributed by atoms with van der Waals surface area (Å²) >= 11 is 13.4. The van der Waals surface area contributed by atoms with E-state index in [-0.39, 0.29) is 22.0 Å². The standard InChI is InChI=1S/C23H19Cl2NO3S/c1-14(2)10-11-26(22(27)17-9-8-16(24)12-18(17)25)19-13-20(30-21(19)23(28)29)15-6-4-3-5-7-15/h3-10,12-13H,11H2,1-2H3,(H,28,29). The number of hydrogen-bond acceptors (Lipinski definition) is 3. The SMILES string of the molecule is CC(C)=CCN(C(=O)c1ccc(Cl)cc1Cl)c1cc(-c2ccccc2)sc1C(=O)O. The maximum atomic E-state index is 13.4. The van der Waals surface area contributed by atoms with Crippen molar-refractivity contribution in [3.8, 4) is 10.4 Å². The predicted molar refractivity (Wildman–Crippen MR) is 124 cm³/mol. The molecule has 0 bridgehead atoms. The van der Waals surface area contributed by atoms with Gasteiger partial charge in [0.25, 0.3) is 5.91 Å². The Morgan fingerprint density at radius 2 is 1.77 bits per heavy atom. The zero-order chi connectivity index (χ0) is 21.8. The molecule has 154 valence electrons. The smallest absolute Gasteiger partial charge is 0.348 e. The summed E-state index contributed by atoms with van der Waals surface area (Å²) in [5, 5.41) is 10.4. The van der Waals surface area contributed by atoms with Crippen LogP contribution in [0.25, 0.3) is 10.4 Å². The molecule has 0 radical (unpaired) electrons. The summed E-state index contributed by atoms with van der Waals surface area (Å²) in [5.41, 5.74) is 2.48. The fourth-order valence-corrected chi connectivity index (χ4v) is 4.35.